The fourth-order valence-electron chi connectivity index (χ4n) is 2.90. The molecule has 1 atom stereocenters. The lowest BCUT2D eigenvalue weighted by Gasteiger charge is -2.19. The average Bonchev–Trinajstić information content (AvgIpc) is 2.61. The van der Waals surface area contributed by atoms with Gasteiger partial charge in [-0.3, -0.25) is 4.79 Å². The lowest BCUT2D eigenvalue weighted by molar-refractivity contribution is -0.140. The Morgan fingerprint density at radius 2 is 1.96 bits per heavy atom. The first-order valence-electron chi connectivity index (χ1n) is 7.69. The Labute approximate surface area is 152 Å². The standard InChI is InChI=1S/C19H14ClFO5/c1-25-15(22)9-11(16-12(20)6-4-7-13(16)21)17-18(23)10-5-2-3-8-14(10)26-19(17)24/h2-8,11,23H,9H2,1H3/t11-/m1/s1. The molecule has 1 aromatic heterocycles. The number of rotatable bonds is 4. The SMILES string of the molecule is COC(=O)C[C@H](c1c(F)cccc1Cl)c1c(O)c2ccccc2oc1=O. The first-order valence-corrected chi connectivity index (χ1v) is 8.07. The molecule has 1 heterocycles. The second-order valence-electron chi connectivity index (χ2n) is 5.62. The van der Waals surface area contributed by atoms with E-state index >= 15 is 0 Å². The molecule has 0 aliphatic heterocycles. The van der Waals surface area contributed by atoms with Crippen LogP contribution in [0.4, 0.5) is 4.39 Å². The van der Waals surface area contributed by atoms with Crippen LogP contribution in [0.5, 0.6) is 5.75 Å². The van der Waals surface area contributed by atoms with Gasteiger partial charge in [0.15, 0.2) is 0 Å². The maximum absolute atomic E-state index is 14.5. The molecule has 5 nitrogen and oxygen atoms in total. The van der Waals surface area contributed by atoms with Crippen molar-refractivity contribution in [1.29, 1.82) is 0 Å². The number of halogens is 2. The van der Waals surface area contributed by atoms with Crippen LogP contribution in [-0.2, 0) is 9.53 Å². The monoisotopic (exact) mass is 376 g/mol. The quantitative estimate of drug-likeness (QED) is 0.550. The summed E-state index contributed by atoms with van der Waals surface area (Å²) in [6, 6.07) is 10.4. The maximum atomic E-state index is 14.5. The summed E-state index contributed by atoms with van der Waals surface area (Å²) in [6.45, 7) is 0. The van der Waals surface area contributed by atoms with E-state index in [9.17, 15) is 19.1 Å². The summed E-state index contributed by atoms with van der Waals surface area (Å²) in [6.07, 6.45) is -0.395. The van der Waals surface area contributed by atoms with Gasteiger partial charge in [0.2, 0.25) is 0 Å². The molecule has 0 amide bonds. The van der Waals surface area contributed by atoms with Gasteiger partial charge in [-0.1, -0.05) is 29.8 Å². The van der Waals surface area contributed by atoms with E-state index in [0.29, 0.717) is 0 Å². The van der Waals surface area contributed by atoms with Crippen molar-refractivity contribution < 1.29 is 23.4 Å². The smallest absolute Gasteiger partial charge is 0.343 e. The van der Waals surface area contributed by atoms with Crippen molar-refractivity contribution in [1.82, 2.24) is 0 Å². The number of methoxy groups -OCH3 is 1. The van der Waals surface area contributed by atoms with Crippen LogP contribution in [0, 0.1) is 5.82 Å². The van der Waals surface area contributed by atoms with Crippen LogP contribution in [0.15, 0.2) is 51.7 Å². The second kappa shape index (κ2) is 7.17. The van der Waals surface area contributed by atoms with E-state index in [1.165, 1.54) is 25.3 Å². The zero-order valence-electron chi connectivity index (χ0n) is 13.7. The molecule has 7 heteroatoms. The fraction of sp³-hybridized carbons (Fsp3) is 0.158. The molecule has 0 aliphatic carbocycles. The molecule has 3 aromatic rings. The Balaban J connectivity index is 2.31. The van der Waals surface area contributed by atoms with E-state index in [1.54, 1.807) is 18.2 Å². The maximum Gasteiger partial charge on any atom is 0.343 e. The van der Waals surface area contributed by atoms with Gasteiger partial charge in [-0.15, -0.1) is 0 Å². The minimum absolute atomic E-state index is 0.0193. The molecule has 0 spiro atoms. The number of fused-ring (bicyclic) bond motifs is 1. The van der Waals surface area contributed by atoms with Gasteiger partial charge >= 0.3 is 11.6 Å². The Morgan fingerprint density at radius 3 is 2.65 bits per heavy atom. The number of hydrogen-bond acceptors (Lipinski definition) is 5. The summed E-state index contributed by atoms with van der Waals surface area (Å²) in [5.74, 6) is -2.96. The van der Waals surface area contributed by atoms with Crippen LogP contribution in [0.3, 0.4) is 0 Å². The minimum atomic E-state index is -1.17. The summed E-state index contributed by atoms with van der Waals surface area (Å²) < 4.78 is 24.4. The van der Waals surface area contributed by atoms with E-state index in [2.05, 4.69) is 4.74 Å². The molecule has 0 radical (unpaired) electrons. The largest absolute Gasteiger partial charge is 0.507 e. The molecule has 134 valence electrons. The molecule has 1 N–H and O–H groups in total. The minimum Gasteiger partial charge on any atom is -0.507 e. The summed E-state index contributed by atoms with van der Waals surface area (Å²) >= 11 is 6.12. The van der Waals surface area contributed by atoms with Crippen molar-refractivity contribution in [2.24, 2.45) is 0 Å². The highest BCUT2D eigenvalue weighted by Crippen LogP contribution is 2.39. The summed E-state index contributed by atoms with van der Waals surface area (Å²) in [5.41, 5.74) is -1.04. The van der Waals surface area contributed by atoms with Gasteiger partial charge in [0.1, 0.15) is 17.1 Å². The molecule has 0 unspecified atom stereocenters. The lowest BCUT2D eigenvalue weighted by Crippen LogP contribution is -2.19. The van der Waals surface area contributed by atoms with Crippen LogP contribution in [0.25, 0.3) is 11.0 Å². The second-order valence-corrected chi connectivity index (χ2v) is 6.02. The number of carbonyl (C=O) groups excluding carboxylic acids is 1. The Morgan fingerprint density at radius 1 is 1.23 bits per heavy atom. The highest BCUT2D eigenvalue weighted by atomic mass is 35.5. The van der Waals surface area contributed by atoms with Crippen molar-refractivity contribution >= 4 is 28.5 Å². The van der Waals surface area contributed by atoms with Gasteiger partial charge in [-0.2, -0.15) is 0 Å². The van der Waals surface area contributed by atoms with Gasteiger partial charge in [-0.25, -0.2) is 9.18 Å². The van der Waals surface area contributed by atoms with E-state index in [0.717, 1.165) is 6.07 Å². The number of aromatic hydroxyl groups is 1. The Kier molecular flexibility index (Phi) is 4.95. The first-order chi connectivity index (χ1) is 12.4. The van der Waals surface area contributed by atoms with Crippen molar-refractivity contribution in [3.63, 3.8) is 0 Å². The fourth-order valence-corrected chi connectivity index (χ4v) is 3.19. The molecule has 0 aliphatic rings. The van der Waals surface area contributed by atoms with Crippen molar-refractivity contribution in [3.05, 3.63) is 74.9 Å². The molecule has 0 saturated carbocycles. The summed E-state index contributed by atoms with van der Waals surface area (Å²) in [5, 5.41) is 10.9. The van der Waals surface area contributed by atoms with E-state index < -0.39 is 29.8 Å². The zero-order chi connectivity index (χ0) is 18.8. The van der Waals surface area contributed by atoms with Crippen LogP contribution in [-0.4, -0.2) is 18.2 Å². The molecule has 0 bridgehead atoms. The Hall–Kier alpha value is -2.86. The number of benzene rings is 2. The number of hydrogen-bond donors (Lipinski definition) is 1. The van der Waals surface area contributed by atoms with Gasteiger partial charge in [-0.05, 0) is 24.3 Å². The molecule has 0 fully saturated rings. The van der Waals surface area contributed by atoms with Gasteiger partial charge < -0.3 is 14.3 Å². The average molecular weight is 377 g/mol. The highest BCUT2D eigenvalue weighted by molar-refractivity contribution is 6.31. The predicted molar refractivity (Wildman–Crippen MR) is 94.0 cm³/mol. The van der Waals surface area contributed by atoms with Crippen LogP contribution in [0.2, 0.25) is 5.02 Å². The third kappa shape index (κ3) is 3.15. The molecule has 2 aromatic carbocycles. The van der Waals surface area contributed by atoms with Gasteiger partial charge in [0, 0.05) is 16.5 Å². The molecular formula is C19H14ClFO5. The first kappa shape index (κ1) is 17.9. The molecular weight excluding hydrogens is 363 g/mol. The number of carbonyl (C=O) groups is 1. The van der Waals surface area contributed by atoms with E-state index in [-0.39, 0.29) is 32.9 Å². The summed E-state index contributed by atoms with van der Waals surface area (Å²) in [7, 11) is 1.17. The predicted octanol–water partition coefficient (Wildman–Crippen LogP) is 3.99. The molecule has 26 heavy (non-hydrogen) atoms. The van der Waals surface area contributed by atoms with Gasteiger partial charge in [0.25, 0.3) is 0 Å². The van der Waals surface area contributed by atoms with Crippen LogP contribution < -0.4 is 5.63 Å². The molecule has 3 rings (SSSR count). The van der Waals surface area contributed by atoms with Crippen molar-refractivity contribution in [3.8, 4) is 5.75 Å². The normalized spacial score (nSPS) is 12.1. The number of esters is 1. The zero-order valence-corrected chi connectivity index (χ0v) is 14.4. The lowest BCUT2D eigenvalue weighted by atomic mass is 9.87. The van der Waals surface area contributed by atoms with E-state index in [4.69, 9.17) is 16.0 Å². The highest BCUT2D eigenvalue weighted by Gasteiger charge is 2.30. The number of para-hydroxylation sites is 1. The van der Waals surface area contributed by atoms with Crippen LogP contribution >= 0.6 is 11.6 Å². The van der Waals surface area contributed by atoms with Crippen molar-refractivity contribution in [2.45, 2.75) is 12.3 Å². The van der Waals surface area contributed by atoms with Gasteiger partial charge in [0.05, 0.1) is 24.5 Å². The third-order valence-electron chi connectivity index (χ3n) is 4.11. The van der Waals surface area contributed by atoms with E-state index in [1.807, 2.05) is 0 Å². The number of ether oxygens (including phenoxy) is 1. The summed E-state index contributed by atoms with van der Waals surface area (Å²) in [4.78, 5) is 24.4. The third-order valence-corrected chi connectivity index (χ3v) is 4.44. The Bertz CT molecular complexity index is 1020. The topological polar surface area (TPSA) is 76.7 Å². The molecule has 0 saturated heterocycles. The van der Waals surface area contributed by atoms with Crippen LogP contribution in [0.1, 0.15) is 23.5 Å². The van der Waals surface area contributed by atoms with Crippen molar-refractivity contribution in [2.75, 3.05) is 7.11 Å².